The Kier molecular flexibility index (Phi) is 7.48. The Balaban J connectivity index is 0.00000264. The van der Waals surface area contributed by atoms with E-state index in [9.17, 15) is 9.59 Å². The maximum Gasteiger partial charge on any atom is 0.253 e. The van der Waals surface area contributed by atoms with E-state index >= 15 is 0 Å². The maximum absolute atomic E-state index is 12.3. The third kappa shape index (κ3) is 5.20. The van der Waals surface area contributed by atoms with Crippen molar-refractivity contribution in [2.45, 2.75) is 45.3 Å². The molecule has 128 valence electrons. The van der Waals surface area contributed by atoms with Crippen LogP contribution in [0.2, 0.25) is 0 Å². The fourth-order valence-corrected chi connectivity index (χ4v) is 2.37. The molecule has 1 saturated heterocycles. The number of ether oxygens (including phenoxy) is 1. The summed E-state index contributed by atoms with van der Waals surface area (Å²) in [5.41, 5.74) is 7.83. The summed E-state index contributed by atoms with van der Waals surface area (Å²) in [6, 6.07) is 5.43. The van der Waals surface area contributed by atoms with Crippen LogP contribution < -0.4 is 16.4 Å². The highest BCUT2D eigenvalue weighted by atomic mass is 35.5. The zero-order valence-corrected chi connectivity index (χ0v) is 14.2. The first-order valence-corrected chi connectivity index (χ1v) is 7.60. The summed E-state index contributed by atoms with van der Waals surface area (Å²) in [6.45, 7) is 4.12. The quantitative estimate of drug-likeness (QED) is 0.765. The lowest BCUT2D eigenvalue weighted by atomic mass is 10.1. The van der Waals surface area contributed by atoms with E-state index in [0.29, 0.717) is 30.8 Å². The summed E-state index contributed by atoms with van der Waals surface area (Å²) >= 11 is 0. The van der Waals surface area contributed by atoms with Gasteiger partial charge < -0.3 is 21.1 Å². The summed E-state index contributed by atoms with van der Waals surface area (Å²) in [5.74, 6) is -0.232. The van der Waals surface area contributed by atoms with E-state index in [2.05, 4.69) is 10.6 Å². The zero-order valence-electron chi connectivity index (χ0n) is 13.4. The lowest BCUT2D eigenvalue weighted by Crippen LogP contribution is -2.30. The van der Waals surface area contributed by atoms with Gasteiger partial charge in [-0.2, -0.15) is 0 Å². The average Bonchev–Trinajstić information content (AvgIpc) is 2.99. The van der Waals surface area contributed by atoms with Crippen LogP contribution in [-0.4, -0.2) is 30.6 Å². The van der Waals surface area contributed by atoms with Crippen molar-refractivity contribution >= 4 is 35.6 Å². The van der Waals surface area contributed by atoms with Crippen LogP contribution in [0.3, 0.4) is 0 Å². The van der Waals surface area contributed by atoms with Gasteiger partial charge in [0.05, 0.1) is 6.10 Å². The lowest BCUT2D eigenvalue weighted by molar-refractivity contribution is -0.126. The Bertz CT molecular complexity index is 566. The number of carbonyl (C=O) groups is 2. The SMILES string of the molecule is CCC(=O)Nc1ccc(C)c(NC(=O)[C@@H]2CC[C@H](CN)O2)c1.Cl. The number of nitrogens with two attached hydrogens (primary N) is 1. The molecule has 1 aliphatic heterocycles. The molecule has 2 rings (SSSR count). The number of rotatable bonds is 5. The van der Waals surface area contributed by atoms with Gasteiger partial charge in [-0.25, -0.2) is 0 Å². The largest absolute Gasteiger partial charge is 0.364 e. The van der Waals surface area contributed by atoms with Crippen molar-refractivity contribution in [1.29, 1.82) is 0 Å². The van der Waals surface area contributed by atoms with Crippen LogP contribution in [0, 0.1) is 6.92 Å². The molecule has 0 spiro atoms. The van der Waals surface area contributed by atoms with Gasteiger partial charge in [-0.1, -0.05) is 13.0 Å². The minimum absolute atomic E-state index is 0. The molecule has 7 heteroatoms. The Morgan fingerprint density at radius 2 is 2.04 bits per heavy atom. The molecule has 2 amide bonds. The number of carbonyl (C=O) groups excluding carboxylic acids is 2. The third-order valence-electron chi connectivity index (χ3n) is 3.76. The molecule has 4 N–H and O–H groups in total. The molecule has 0 bridgehead atoms. The van der Waals surface area contributed by atoms with Crippen LogP contribution in [-0.2, 0) is 14.3 Å². The van der Waals surface area contributed by atoms with Gasteiger partial charge >= 0.3 is 0 Å². The van der Waals surface area contributed by atoms with Gasteiger partial charge in [0.1, 0.15) is 6.10 Å². The van der Waals surface area contributed by atoms with Gasteiger partial charge in [-0.05, 0) is 37.5 Å². The highest BCUT2D eigenvalue weighted by Crippen LogP contribution is 2.24. The van der Waals surface area contributed by atoms with Gasteiger partial charge in [-0.3, -0.25) is 9.59 Å². The maximum atomic E-state index is 12.3. The molecule has 1 aromatic rings. The van der Waals surface area contributed by atoms with Crippen LogP contribution in [0.1, 0.15) is 31.7 Å². The Labute approximate surface area is 142 Å². The molecule has 0 unspecified atom stereocenters. The average molecular weight is 342 g/mol. The number of hydrogen-bond acceptors (Lipinski definition) is 4. The van der Waals surface area contributed by atoms with E-state index in [1.54, 1.807) is 13.0 Å². The first kappa shape index (κ1) is 19.4. The first-order valence-electron chi connectivity index (χ1n) is 7.60. The van der Waals surface area contributed by atoms with Crippen molar-refractivity contribution in [2.24, 2.45) is 5.73 Å². The summed E-state index contributed by atoms with van der Waals surface area (Å²) in [7, 11) is 0. The highest BCUT2D eigenvalue weighted by molar-refractivity contribution is 5.96. The fraction of sp³-hybridized carbons (Fsp3) is 0.500. The first-order chi connectivity index (χ1) is 10.5. The molecule has 0 aromatic heterocycles. The molecule has 0 aliphatic carbocycles. The summed E-state index contributed by atoms with van der Waals surface area (Å²) in [6.07, 6.45) is 1.40. The molecule has 6 nitrogen and oxygen atoms in total. The minimum Gasteiger partial charge on any atom is -0.364 e. The van der Waals surface area contributed by atoms with Crippen LogP contribution >= 0.6 is 12.4 Å². The van der Waals surface area contributed by atoms with Crippen LogP contribution in [0.4, 0.5) is 11.4 Å². The summed E-state index contributed by atoms with van der Waals surface area (Å²) < 4.78 is 5.59. The molecule has 1 aliphatic rings. The van der Waals surface area contributed by atoms with Gasteiger partial charge in [0.15, 0.2) is 0 Å². The Morgan fingerprint density at radius 3 is 2.65 bits per heavy atom. The molecule has 2 atom stereocenters. The standard InChI is InChI=1S/C16H23N3O3.ClH/c1-3-15(20)18-11-5-4-10(2)13(8-11)19-16(21)14-7-6-12(9-17)22-14;/h4-5,8,12,14H,3,6-7,9,17H2,1-2H3,(H,18,20)(H,19,21);1H/t12-,14+;/m1./s1. The Morgan fingerprint density at radius 1 is 1.30 bits per heavy atom. The van der Waals surface area contributed by atoms with Crippen LogP contribution in [0.5, 0.6) is 0 Å². The predicted molar refractivity (Wildman–Crippen MR) is 92.9 cm³/mol. The molecule has 1 aromatic carbocycles. The molecule has 1 heterocycles. The molecule has 0 radical (unpaired) electrons. The molecular formula is C16H24ClN3O3. The van der Waals surface area contributed by atoms with E-state index < -0.39 is 6.10 Å². The van der Waals surface area contributed by atoms with E-state index in [4.69, 9.17) is 10.5 Å². The highest BCUT2D eigenvalue weighted by Gasteiger charge is 2.30. The normalized spacial score (nSPS) is 19.8. The topological polar surface area (TPSA) is 93.5 Å². The summed E-state index contributed by atoms with van der Waals surface area (Å²) in [5, 5.41) is 5.65. The van der Waals surface area contributed by atoms with Crippen molar-refractivity contribution in [3.63, 3.8) is 0 Å². The number of aryl methyl sites for hydroxylation is 1. The third-order valence-corrected chi connectivity index (χ3v) is 3.76. The molecular weight excluding hydrogens is 318 g/mol. The second kappa shape index (κ2) is 8.86. The lowest BCUT2D eigenvalue weighted by Gasteiger charge is -2.15. The van der Waals surface area contributed by atoms with Crippen molar-refractivity contribution in [3.8, 4) is 0 Å². The predicted octanol–water partition coefficient (Wildman–Crippen LogP) is 2.21. The number of nitrogens with one attached hydrogen (secondary N) is 2. The molecule has 23 heavy (non-hydrogen) atoms. The monoisotopic (exact) mass is 341 g/mol. The van der Waals surface area contributed by atoms with Crippen LogP contribution in [0.15, 0.2) is 18.2 Å². The van der Waals surface area contributed by atoms with E-state index in [0.717, 1.165) is 12.0 Å². The van der Waals surface area contributed by atoms with Crippen LogP contribution in [0.25, 0.3) is 0 Å². The van der Waals surface area contributed by atoms with Gasteiger partial charge in [0.25, 0.3) is 5.91 Å². The zero-order chi connectivity index (χ0) is 16.1. The number of amides is 2. The van der Waals surface area contributed by atoms with E-state index in [1.807, 2.05) is 19.1 Å². The number of anilines is 2. The van der Waals surface area contributed by atoms with Gasteiger partial charge in [0.2, 0.25) is 5.91 Å². The number of halogens is 1. The van der Waals surface area contributed by atoms with E-state index in [-0.39, 0.29) is 30.3 Å². The van der Waals surface area contributed by atoms with E-state index in [1.165, 1.54) is 0 Å². The summed E-state index contributed by atoms with van der Waals surface area (Å²) in [4.78, 5) is 23.7. The second-order valence-corrected chi connectivity index (χ2v) is 5.48. The van der Waals surface area contributed by atoms with Crippen molar-refractivity contribution in [1.82, 2.24) is 0 Å². The Hall–Kier alpha value is -1.63. The molecule has 0 saturated carbocycles. The smallest absolute Gasteiger partial charge is 0.253 e. The van der Waals surface area contributed by atoms with Gasteiger partial charge in [0, 0.05) is 24.3 Å². The van der Waals surface area contributed by atoms with Gasteiger partial charge in [-0.15, -0.1) is 12.4 Å². The van der Waals surface area contributed by atoms with Crippen molar-refractivity contribution in [3.05, 3.63) is 23.8 Å². The van der Waals surface area contributed by atoms with Crippen molar-refractivity contribution in [2.75, 3.05) is 17.2 Å². The second-order valence-electron chi connectivity index (χ2n) is 5.48. The number of hydrogen-bond donors (Lipinski definition) is 3. The fourth-order valence-electron chi connectivity index (χ4n) is 2.37. The minimum atomic E-state index is -0.457. The van der Waals surface area contributed by atoms with Crippen molar-refractivity contribution < 1.29 is 14.3 Å². The number of benzene rings is 1. The molecule has 1 fully saturated rings.